The quantitative estimate of drug-likeness (QED) is 0.862. The lowest BCUT2D eigenvalue weighted by Crippen LogP contribution is -2.51. The van der Waals surface area contributed by atoms with E-state index in [4.69, 9.17) is 5.11 Å². The molecule has 104 valence electrons. The standard InChI is InChI=1S/C13H17NO4S/c1-13(6-3-7-13)14-19(17,18)9-10-4-2-5-11(8-10)12(15)16/h2,4-5,8,14H,3,6-7,9H2,1H3,(H,15,16). The van der Waals surface area contributed by atoms with E-state index < -0.39 is 16.0 Å². The minimum absolute atomic E-state index is 0.0996. The second kappa shape index (κ2) is 4.94. The molecule has 19 heavy (non-hydrogen) atoms. The summed E-state index contributed by atoms with van der Waals surface area (Å²) in [4.78, 5) is 10.8. The lowest BCUT2D eigenvalue weighted by atomic mass is 9.80. The summed E-state index contributed by atoms with van der Waals surface area (Å²) in [7, 11) is -3.44. The van der Waals surface area contributed by atoms with Gasteiger partial charge in [0.15, 0.2) is 0 Å². The first-order valence-electron chi connectivity index (χ1n) is 6.14. The summed E-state index contributed by atoms with van der Waals surface area (Å²) in [6.07, 6.45) is 2.73. The van der Waals surface area contributed by atoms with Gasteiger partial charge in [-0.3, -0.25) is 0 Å². The van der Waals surface area contributed by atoms with Crippen molar-refractivity contribution in [2.75, 3.05) is 0 Å². The Morgan fingerprint density at radius 2 is 2.11 bits per heavy atom. The third-order valence-corrected chi connectivity index (χ3v) is 4.91. The Morgan fingerprint density at radius 3 is 2.63 bits per heavy atom. The first kappa shape index (κ1) is 14.0. The summed E-state index contributed by atoms with van der Waals surface area (Å²) in [6, 6.07) is 6.01. The van der Waals surface area contributed by atoms with Crippen LogP contribution < -0.4 is 4.72 Å². The molecule has 1 aliphatic rings. The fourth-order valence-electron chi connectivity index (χ4n) is 2.23. The Kier molecular flexibility index (Phi) is 3.64. The lowest BCUT2D eigenvalue weighted by Gasteiger charge is -2.38. The number of carboxylic acids is 1. The molecule has 6 heteroatoms. The Labute approximate surface area is 112 Å². The molecular weight excluding hydrogens is 266 g/mol. The van der Waals surface area contributed by atoms with Gasteiger partial charge in [-0.25, -0.2) is 17.9 Å². The van der Waals surface area contributed by atoms with Gasteiger partial charge in [0.2, 0.25) is 10.0 Å². The summed E-state index contributed by atoms with van der Waals surface area (Å²) in [5, 5.41) is 8.88. The van der Waals surface area contributed by atoms with Crippen LogP contribution in [0.4, 0.5) is 0 Å². The van der Waals surface area contributed by atoms with E-state index in [0.717, 1.165) is 19.3 Å². The van der Waals surface area contributed by atoms with Gasteiger partial charge in [-0.15, -0.1) is 0 Å². The third-order valence-electron chi connectivity index (χ3n) is 3.39. The Bertz CT molecular complexity index is 590. The van der Waals surface area contributed by atoms with Crippen molar-refractivity contribution in [3.63, 3.8) is 0 Å². The molecule has 0 unspecified atom stereocenters. The van der Waals surface area contributed by atoms with E-state index >= 15 is 0 Å². The monoisotopic (exact) mass is 283 g/mol. The highest BCUT2D eigenvalue weighted by Crippen LogP contribution is 2.32. The molecule has 2 N–H and O–H groups in total. The second-order valence-electron chi connectivity index (χ2n) is 5.28. The molecular formula is C13H17NO4S. The SMILES string of the molecule is CC1(NS(=O)(=O)Cc2cccc(C(=O)O)c2)CCC1. The van der Waals surface area contributed by atoms with E-state index in [2.05, 4.69) is 4.72 Å². The van der Waals surface area contributed by atoms with Gasteiger partial charge in [-0.2, -0.15) is 0 Å². The smallest absolute Gasteiger partial charge is 0.335 e. The summed E-state index contributed by atoms with van der Waals surface area (Å²) in [5.41, 5.74) is 0.251. The number of carbonyl (C=O) groups is 1. The first-order valence-corrected chi connectivity index (χ1v) is 7.79. The van der Waals surface area contributed by atoms with E-state index in [1.807, 2.05) is 6.92 Å². The van der Waals surface area contributed by atoms with Gasteiger partial charge in [-0.1, -0.05) is 12.1 Å². The largest absolute Gasteiger partial charge is 0.478 e. The maximum Gasteiger partial charge on any atom is 0.335 e. The van der Waals surface area contributed by atoms with Crippen LogP contribution in [0, 0.1) is 0 Å². The predicted molar refractivity (Wildman–Crippen MR) is 71.4 cm³/mol. The molecule has 0 radical (unpaired) electrons. The molecule has 1 saturated carbocycles. The number of rotatable bonds is 5. The predicted octanol–water partition coefficient (Wildman–Crippen LogP) is 1.75. The third kappa shape index (κ3) is 3.54. The fourth-order valence-corrected chi connectivity index (χ4v) is 3.88. The van der Waals surface area contributed by atoms with Gasteiger partial charge in [0.1, 0.15) is 0 Å². The van der Waals surface area contributed by atoms with E-state index in [9.17, 15) is 13.2 Å². The van der Waals surface area contributed by atoms with E-state index in [0.29, 0.717) is 5.56 Å². The number of nitrogens with one attached hydrogen (secondary N) is 1. The van der Waals surface area contributed by atoms with Crippen LogP contribution in [0.5, 0.6) is 0 Å². The normalized spacial score (nSPS) is 17.7. The molecule has 0 amide bonds. The molecule has 0 aromatic heterocycles. The van der Waals surface area contributed by atoms with Crippen molar-refractivity contribution in [3.8, 4) is 0 Å². The number of hydrogen-bond donors (Lipinski definition) is 2. The van der Waals surface area contributed by atoms with E-state index in [-0.39, 0.29) is 16.9 Å². The highest BCUT2D eigenvalue weighted by Gasteiger charge is 2.35. The van der Waals surface area contributed by atoms with Crippen molar-refractivity contribution in [1.29, 1.82) is 0 Å². The molecule has 1 aromatic rings. The molecule has 1 fully saturated rings. The van der Waals surface area contributed by atoms with Crippen LogP contribution in [-0.4, -0.2) is 25.0 Å². The van der Waals surface area contributed by atoms with Crippen LogP contribution in [0.2, 0.25) is 0 Å². The van der Waals surface area contributed by atoms with Gasteiger partial charge < -0.3 is 5.11 Å². The van der Waals surface area contributed by atoms with Crippen molar-refractivity contribution in [2.45, 2.75) is 37.5 Å². The maximum atomic E-state index is 12.0. The number of sulfonamides is 1. The maximum absolute atomic E-state index is 12.0. The van der Waals surface area contributed by atoms with Gasteiger partial charge in [0.25, 0.3) is 0 Å². The fraction of sp³-hybridized carbons (Fsp3) is 0.462. The molecule has 0 bridgehead atoms. The Hall–Kier alpha value is -1.40. The van der Waals surface area contributed by atoms with Crippen molar-refractivity contribution in [2.24, 2.45) is 0 Å². The topological polar surface area (TPSA) is 83.5 Å². The summed E-state index contributed by atoms with van der Waals surface area (Å²) >= 11 is 0. The molecule has 0 atom stereocenters. The molecule has 1 aliphatic carbocycles. The van der Waals surface area contributed by atoms with Gasteiger partial charge in [0, 0.05) is 5.54 Å². The average molecular weight is 283 g/mol. The van der Waals surface area contributed by atoms with Crippen LogP contribution in [-0.2, 0) is 15.8 Å². The summed E-state index contributed by atoms with van der Waals surface area (Å²) in [6.45, 7) is 1.89. The second-order valence-corrected chi connectivity index (χ2v) is 7.00. The Balaban J connectivity index is 2.11. The van der Waals surface area contributed by atoms with Crippen LogP contribution in [0.3, 0.4) is 0 Å². The molecule has 0 heterocycles. The van der Waals surface area contributed by atoms with E-state index in [1.54, 1.807) is 12.1 Å². The number of benzene rings is 1. The van der Waals surface area contributed by atoms with Crippen LogP contribution in [0.1, 0.15) is 42.1 Å². The zero-order valence-corrected chi connectivity index (χ0v) is 11.5. The van der Waals surface area contributed by atoms with Gasteiger partial charge in [0.05, 0.1) is 11.3 Å². The first-order chi connectivity index (χ1) is 8.80. The molecule has 0 aliphatic heterocycles. The summed E-state index contributed by atoms with van der Waals surface area (Å²) < 4.78 is 26.8. The van der Waals surface area contributed by atoms with Crippen molar-refractivity contribution >= 4 is 16.0 Å². The lowest BCUT2D eigenvalue weighted by molar-refractivity contribution is 0.0696. The number of carboxylic acid groups (broad SMARTS) is 1. The van der Waals surface area contributed by atoms with E-state index in [1.165, 1.54) is 12.1 Å². The van der Waals surface area contributed by atoms with Crippen molar-refractivity contribution < 1.29 is 18.3 Å². The molecule has 2 rings (SSSR count). The number of hydrogen-bond acceptors (Lipinski definition) is 3. The molecule has 0 spiro atoms. The van der Waals surface area contributed by atoms with Gasteiger partial charge >= 0.3 is 5.97 Å². The molecule has 1 aromatic carbocycles. The van der Waals surface area contributed by atoms with Crippen LogP contribution >= 0.6 is 0 Å². The zero-order valence-electron chi connectivity index (χ0n) is 10.7. The number of aromatic carboxylic acids is 1. The highest BCUT2D eigenvalue weighted by molar-refractivity contribution is 7.88. The Morgan fingerprint density at radius 1 is 1.42 bits per heavy atom. The minimum atomic E-state index is -3.44. The zero-order chi connectivity index (χ0) is 14.1. The van der Waals surface area contributed by atoms with Crippen LogP contribution in [0.25, 0.3) is 0 Å². The van der Waals surface area contributed by atoms with Gasteiger partial charge in [-0.05, 0) is 43.9 Å². The van der Waals surface area contributed by atoms with Crippen molar-refractivity contribution in [3.05, 3.63) is 35.4 Å². The molecule has 0 saturated heterocycles. The van der Waals surface area contributed by atoms with Crippen LogP contribution in [0.15, 0.2) is 24.3 Å². The minimum Gasteiger partial charge on any atom is -0.478 e. The average Bonchev–Trinajstić information content (AvgIpc) is 2.26. The van der Waals surface area contributed by atoms with Crippen molar-refractivity contribution in [1.82, 2.24) is 4.72 Å². The summed E-state index contributed by atoms with van der Waals surface area (Å²) in [5.74, 6) is -1.25. The highest BCUT2D eigenvalue weighted by atomic mass is 32.2. The molecule has 5 nitrogen and oxygen atoms in total.